The Morgan fingerprint density at radius 3 is 2.46 bits per heavy atom. The van der Waals surface area contributed by atoms with E-state index in [0.717, 1.165) is 31.1 Å². The Morgan fingerprint density at radius 1 is 1.10 bits per heavy atom. The minimum Gasteiger partial charge on any atom is -0.327 e. The second-order valence-corrected chi connectivity index (χ2v) is 9.95. The first-order valence-electron chi connectivity index (χ1n) is 11.8. The van der Waals surface area contributed by atoms with Crippen molar-refractivity contribution in [2.24, 2.45) is 5.92 Å². The standard InChI is InChI=1S/C27H21Cl2F4N3O3/c28-21-11-16(12-22(29)24(21)30)26(27(31,32)33)13-23(36-39-26)19-7-8-20(18-4-2-1-3-17(18)19)25(37)34-9-10-35-38-14-15-5-6-15/h1-4,7-13,15,35-36H,5-6,14H2,(H,34,37)/b10-9+. The molecule has 1 saturated carbocycles. The van der Waals surface area contributed by atoms with E-state index in [0.29, 0.717) is 34.4 Å². The molecular weight excluding hydrogens is 561 g/mol. The molecule has 3 aromatic carbocycles. The topological polar surface area (TPSA) is 71.6 Å². The van der Waals surface area contributed by atoms with Crippen LogP contribution in [0.25, 0.3) is 16.5 Å². The van der Waals surface area contributed by atoms with Crippen LogP contribution in [0, 0.1) is 11.7 Å². The highest BCUT2D eigenvalue weighted by molar-refractivity contribution is 6.35. The van der Waals surface area contributed by atoms with Crippen LogP contribution in [0.3, 0.4) is 0 Å². The first kappa shape index (κ1) is 27.3. The third-order valence-corrected chi connectivity index (χ3v) is 6.98. The number of hydrogen-bond acceptors (Lipinski definition) is 5. The summed E-state index contributed by atoms with van der Waals surface area (Å²) in [6, 6.07) is 11.4. The van der Waals surface area contributed by atoms with Gasteiger partial charge in [0.25, 0.3) is 5.91 Å². The van der Waals surface area contributed by atoms with Crippen molar-refractivity contribution in [3.63, 3.8) is 0 Å². The van der Waals surface area contributed by atoms with E-state index in [4.69, 9.17) is 32.9 Å². The highest BCUT2D eigenvalue weighted by Gasteiger charge is 2.60. The maximum Gasteiger partial charge on any atom is 0.428 e. The Bertz CT molecular complexity index is 1470. The van der Waals surface area contributed by atoms with E-state index in [9.17, 15) is 22.4 Å². The summed E-state index contributed by atoms with van der Waals surface area (Å²) >= 11 is 11.6. The number of hydroxylamine groups is 2. The zero-order chi connectivity index (χ0) is 27.8. The highest BCUT2D eigenvalue weighted by atomic mass is 35.5. The molecule has 0 spiro atoms. The number of halogens is 6. The molecule has 0 radical (unpaired) electrons. The molecule has 5 rings (SSSR count). The molecule has 1 fully saturated rings. The number of hydrogen-bond donors (Lipinski definition) is 3. The molecule has 2 aliphatic rings. The number of alkyl halides is 3. The summed E-state index contributed by atoms with van der Waals surface area (Å²) in [5.74, 6) is -0.888. The second-order valence-electron chi connectivity index (χ2n) is 9.13. The molecule has 39 heavy (non-hydrogen) atoms. The van der Waals surface area contributed by atoms with Gasteiger partial charge < -0.3 is 5.32 Å². The van der Waals surface area contributed by atoms with Crippen molar-refractivity contribution in [3.8, 4) is 0 Å². The van der Waals surface area contributed by atoms with Crippen LogP contribution in [0.5, 0.6) is 0 Å². The molecule has 0 saturated heterocycles. The van der Waals surface area contributed by atoms with E-state index in [1.807, 2.05) is 0 Å². The molecule has 1 atom stereocenters. The van der Waals surface area contributed by atoms with Crippen molar-refractivity contribution >= 4 is 45.6 Å². The second kappa shape index (κ2) is 10.7. The van der Waals surface area contributed by atoms with Gasteiger partial charge >= 0.3 is 6.18 Å². The third kappa shape index (κ3) is 5.42. The fourth-order valence-corrected chi connectivity index (χ4v) is 4.69. The van der Waals surface area contributed by atoms with Crippen LogP contribution in [0.4, 0.5) is 17.6 Å². The van der Waals surface area contributed by atoms with Gasteiger partial charge in [-0.1, -0.05) is 53.5 Å². The average Bonchev–Trinajstić information content (AvgIpc) is 3.62. The van der Waals surface area contributed by atoms with Crippen LogP contribution < -0.4 is 16.3 Å². The van der Waals surface area contributed by atoms with Crippen LogP contribution in [-0.4, -0.2) is 18.7 Å². The zero-order valence-electron chi connectivity index (χ0n) is 20.0. The summed E-state index contributed by atoms with van der Waals surface area (Å²) in [5, 5.41) is 2.47. The third-order valence-electron chi connectivity index (χ3n) is 6.43. The summed E-state index contributed by atoms with van der Waals surface area (Å²) in [6.45, 7) is 0.592. The number of rotatable bonds is 8. The Morgan fingerprint density at radius 2 is 1.79 bits per heavy atom. The SMILES string of the molecule is O=C(N/C=C/NOCC1CC1)c1ccc(C2=CC(c3cc(Cl)c(F)c(Cl)c3)(C(F)(F)F)ON2)c2ccccc12. The number of nitrogens with one attached hydrogen (secondary N) is 3. The van der Waals surface area contributed by atoms with Gasteiger partial charge in [-0.15, -0.1) is 0 Å². The van der Waals surface area contributed by atoms with Gasteiger partial charge in [0.2, 0.25) is 5.60 Å². The zero-order valence-corrected chi connectivity index (χ0v) is 21.6. The number of carbonyl (C=O) groups is 1. The molecule has 12 heteroatoms. The molecule has 1 aliphatic heterocycles. The maximum absolute atomic E-state index is 14.4. The molecule has 1 heterocycles. The van der Waals surface area contributed by atoms with Gasteiger partial charge in [0.1, 0.15) is 0 Å². The van der Waals surface area contributed by atoms with Crippen LogP contribution in [0.15, 0.2) is 67.0 Å². The normalized spacial score (nSPS) is 19.3. The van der Waals surface area contributed by atoms with Gasteiger partial charge in [0, 0.05) is 29.1 Å². The lowest BCUT2D eigenvalue weighted by atomic mass is 9.90. The maximum atomic E-state index is 14.4. The average molecular weight is 582 g/mol. The number of amides is 1. The summed E-state index contributed by atoms with van der Waals surface area (Å²) < 4.78 is 57.2. The molecule has 204 valence electrons. The predicted molar refractivity (Wildman–Crippen MR) is 139 cm³/mol. The lowest BCUT2D eigenvalue weighted by Gasteiger charge is -2.28. The Balaban J connectivity index is 1.46. The quantitative estimate of drug-likeness (QED) is 0.119. The Labute approximate surface area is 230 Å². The van der Waals surface area contributed by atoms with Crippen molar-refractivity contribution in [2.75, 3.05) is 6.61 Å². The van der Waals surface area contributed by atoms with Crippen molar-refractivity contribution in [1.29, 1.82) is 0 Å². The Hall–Kier alpha value is -3.31. The van der Waals surface area contributed by atoms with Crippen LogP contribution in [0.2, 0.25) is 10.0 Å². The molecule has 3 aromatic rings. The van der Waals surface area contributed by atoms with Crippen molar-refractivity contribution in [1.82, 2.24) is 16.3 Å². The molecule has 1 unspecified atom stereocenters. The van der Waals surface area contributed by atoms with E-state index >= 15 is 0 Å². The van der Waals surface area contributed by atoms with Gasteiger partial charge in [0.05, 0.1) is 22.3 Å². The summed E-state index contributed by atoms with van der Waals surface area (Å²) in [7, 11) is 0. The smallest absolute Gasteiger partial charge is 0.327 e. The minimum absolute atomic E-state index is 0.0102. The lowest BCUT2D eigenvalue weighted by molar-refractivity contribution is -0.269. The number of benzene rings is 3. The highest BCUT2D eigenvalue weighted by Crippen LogP contribution is 2.49. The van der Waals surface area contributed by atoms with Gasteiger partial charge in [-0.2, -0.15) is 13.2 Å². The number of fused-ring (bicyclic) bond motifs is 1. The molecule has 1 amide bonds. The molecule has 0 aromatic heterocycles. The molecule has 3 N–H and O–H groups in total. The Kier molecular flexibility index (Phi) is 7.47. The van der Waals surface area contributed by atoms with Gasteiger partial charge in [-0.25, -0.2) is 4.39 Å². The first-order valence-corrected chi connectivity index (χ1v) is 12.6. The van der Waals surface area contributed by atoms with Gasteiger partial charge in [0.15, 0.2) is 5.82 Å². The fraction of sp³-hybridized carbons (Fsp3) is 0.222. The largest absolute Gasteiger partial charge is 0.428 e. The van der Waals surface area contributed by atoms with Crippen molar-refractivity contribution in [3.05, 3.63) is 99.6 Å². The van der Waals surface area contributed by atoms with Crippen LogP contribution in [-0.2, 0) is 15.3 Å². The summed E-state index contributed by atoms with van der Waals surface area (Å²) in [6.07, 6.45) is 1.01. The van der Waals surface area contributed by atoms with E-state index < -0.39 is 39.1 Å². The monoisotopic (exact) mass is 581 g/mol. The molecular formula is C27H21Cl2F4N3O3. The molecule has 0 bridgehead atoms. The van der Waals surface area contributed by atoms with E-state index in [2.05, 4.69) is 16.3 Å². The lowest BCUT2D eigenvalue weighted by Crippen LogP contribution is -2.42. The summed E-state index contributed by atoms with van der Waals surface area (Å²) in [4.78, 5) is 23.2. The fourth-order valence-electron chi connectivity index (χ4n) is 4.21. The van der Waals surface area contributed by atoms with E-state index in [1.54, 1.807) is 24.3 Å². The van der Waals surface area contributed by atoms with E-state index in [-0.39, 0.29) is 5.70 Å². The summed E-state index contributed by atoms with van der Waals surface area (Å²) in [5.41, 5.74) is 2.13. The van der Waals surface area contributed by atoms with Crippen LogP contribution >= 0.6 is 23.2 Å². The van der Waals surface area contributed by atoms with Gasteiger partial charge in [-0.05, 0) is 53.8 Å². The first-order chi connectivity index (χ1) is 18.6. The van der Waals surface area contributed by atoms with Crippen LogP contribution in [0.1, 0.15) is 34.3 Å². The van der Waals surface area contributed by atoms with E-state index in [1.165, 1.54) is 24.5 Å². The number of carbonyl (C=O) groups excluding carboxylic acids is 1. The molecule has 1 aliphatic carbocycles. The predicted octanol–water partition coefficient (Wildman–Crippen LogP) is 6.75. The van der Waals surface area contributed by atoms with Gasteiger partial charge in [-0.3, -0.25) is 25.4 Å². The molecule has 6 nitrogen and oxygen atoms in total. The van der Waals surface area contributed by atoms with Crippen molar-refractivity contribution in [2.45, 2.75) is 24.6 Å². The van der Waals surface area contributed by atoms with Crippen molar-refractivity contribution < 1.29 is 32.0 Å². The minimum atomic E-state index is -4.97.